The van der Waals surface area contributed by atoms with Crippen LogP contribution < -0.4 is 15.0 Å². The molecule has 2 heterocycles. The number of hydrogen-bond acceptors (Lipinski definition) is 7. The monoisotopic (exact) mass is 447 g/mol. The van der Waals surface area contributed by atoms with Crippen LogP contribution in [0.1, 0.15) is 24.0 Å². The summed E-state index contributed by atoms with van der Waals surface area (Å²) in [5, 5.41) is 22.8. The number of nitrogens with zero attached hydrogens (tertiary/aromatic N) is 4. The Balaban J connectivity index is 1.94. The molecule has 1 aliphatic rings. The first-order valence-corrected chi connectivity index (χ1v) is 10.8. The molecule has 1 aromatic heterocycles. The number of likely N-dealkylation sites (N-methyl/N-ethyl adjacent to an activating group) is 1. The maximum atomic E-state index is 14.6. The average Bonchev–Trinajstić information content (AvgIpc) is 2.84. The van der Waals surface area contributed by atoms with E-state index >= 15 is 0 Å². The fourth-order valence-electron chi connectivity index (χ4n) is 4.10. The number of anilines is 1. The van der Waals surface area contributed by atoms with E-state index in [-0.39, 0.29) is 11.3 Å². The first-order valence-electron chi connectivity index (χ1n) is 10.8. The fourth-order valence-corrected chi connectivity index (χ4v) is 4.10. The molecule has 1 saturated heterocycles. The summed E-state index contributed by atoms with van der Waals surface area (Å²) in [6.45, 7) is 3.35. The number of nitrogens with one attached hydrogen (secondary N) is 1. The van der Waals surface area contributed by atoms with Crippen molar-refractivity contribution >= 4 is 5.95 Å². The molecule has 1 atom stereocenters. The third-order valence-corrected chi connectivity index (χ3v) is 6.03. The standard InChI is InChI=1S/C25H26FN5O2/c1-15-6-7-16(12-21(15)32)22-23(17-8-9-18(13-27)20(26)11-17)29-25(30-24(22)33-3)31-10-4-5-19(14-31)28-2/h6-9,11-12,19,28,32H,4-5,10,14H2,1-3H3. The summed E-state index contributed by atoms with van der Waals surface area (Å²) in [5.41, 5.74) is 2.84. The minimum atomic E-state index is -0.625. The van der Waals surface area contributed by atoms with E-state index in [0.29, 0.717) is 40.3 Å². The second kappa shape index (κ2) is 9.43. The third-order valence-electron chi connectivity index (χ3n) is 6.03. The van der Waals surface area contributed by atoms with Crippen molar-refractivity contribution in [3.05, 3.63) is 53.3 Å². The molecule has 0 aliphatic carbocycles. The molecule has 0 saturated carbocycles. The molecule has 170 valence electrons. The van der Waals surface area contributed by atoms with Gasteiger partial charge in [-0.15, -0.1) is 0 Å². The number of rotatable bonds is 5. The third kappa shape index (κ3) is 4.45. The highest BCUT2D eigenvalue weighted by atomic mass is 19.1. The van der Waals surface area contributed by atoms with Gasteiger partial charge in [0.25, 0.3) is 0 Å². The summed E-state index contributed by atoms with van der Waals surface area (Å²) in [7, 11) is 3.47. The van der Waals surface area contributed by atoms with Crippen molar-refractivity contribution in [1.82, 2.24) is 15.3 Å². The predicted molar refractivity (Wildman–Crippen MR) is 125 cm³/mol. The van der Waals surface area contributed by atoms with Gasteiger partial charge in [0, 0.05) is 24.7 Å². The normalized spacial score (nSPS) is 15.8. The van der Waals surface area contributed by atoms with Crippen molar-refractivity contribution < 1.29 is 14.2 Å². The van der Waals surface area contributed by atoms with Crippen LogP contribution in [0.2, 0.25) is 0 Å². The Morgan fingerprint density at radius 1 is 1.21 bits per heavy atom. The molecule has 33 heavy (non-hydrogen) atoms. The van der Waals surface area contributed by atoms with Gasteiger partial charge >= 0.3 is 0 Å². The Hall–Kier alpha value is -3.70. The lowest BCUT2D eigenvalue weighted by Crippen LogP contribution is -2.45. The Kier molecular flexibility index (Phi) is 6.43. The minimum Gasteiger partial charge on any atom is -0.508 e. The van der Waals surface area contributed by atoms with Gasteiger partial charge in [0.15, 0.2) is 0 Å². The second-order valence-corrected chi connectivity index (χ2v) is 8.14. The Labute approximate surface area is 192 Å². The van der Waals surface area contributed by atoms with E-state index in [4.69, 9.17) is 20.0 Å². The van der Waals surface area contributed by atoms with Crippen molar-refractivity contribution in [3.8, 4) is 40.1 Å². The summed E-state index contributed by atoms with van der Waals surface area (Å²) >= 11 is 0. The first-order chi connectivity index (χ1) is 15.9. The number of ether oxygens (including phenoxy) is 1. The second-order valence-electron chi connectivity index (χ2n) is 8.14. The molecular weight excluding hydrogens is 421 g/mol. The van der Waals surface area contributed by atoms with Gasteiger partial charge in [-0.25, -0.2) is 9.37 Å². The van der Waals surface area contributed by atoms with Crippen LogP contribution in [0.3, 0.4) is 0 Å². The molecule has 0 amide bonds. The topological polar surface area (TPSA) is 94.3 Å². The van der Waals surface area contributed by atoms with Gasteiger partial charge in [-0.2, -0.15) is 10.2 Å². The van der Waals surface area contributed by atoms with Crippen LogP contribution in [-0.4, -0.2) is 48.4 Å². The highest BCUT2D eigenvalue weighted by Gasteiger charge is 2.25. The molecule has 1 fully saturated rings. The van der Waals surface area contributed by atoms with Crippen LogP contribution in [0.15, 0.2) is 36.4 Å². The lowest BCUT2D eigenvalue weighted by Gasteiger charge is -2.33. The lowest BCUT2D eigenvalue weighted by atomic mass is 9.98. The number of aryl methyl sites for hydroxylation is 1. The number of phenolic OH excluding ortho intramolecular Hbond substituents is 1. The van der Waals surface area contributed by atoms with E-state index in [9.17, 15) is 9.50 Å². The van der Waals surface area contributed by atoms with Gasteiger partial charge in [0.05, 0.1) is 23.9 Å². The number of piperidine rings is 1. The van der Waals surface area contributed by atoms with Crippen molar-refractivity contribution in [2.75, 3.05) is 32.1 Å². The van der Waals surface area contributed by atoms with E-state index < -0.39 is 5.82 Å². The maximum Gasteiger partial charge on any atom is 0.229 e. The number of aromatic hydroxyl groups is 1. The van der Waals surface area contributed by atoms with Crippen LogP contribution in [0.5, 0.6) is 11.6 Å². The van der Waals surface area contributed by atoms with E-state index in [2.05, 4.69) is 10.2 Å². The van der Waals surface area contributed by atoms with E-state index in [1.165, 1.54) is 19.2 Å². The zero-order valence-corrected chi connectivity index (χ0v) is 18.9. The Morgan fingerprint density at radius 2 is 2.00 bits per heavy atom. The predicted octanol–water partition coefficient (Wildman–Crippen LogP) is 4.03. The van der Waals surface area contributed by atoms with Crippen molar-refractivity contribution in [3.63, 3.8) is 0 Å². The maximum absolute atomic E-state index is 14.6. The molecule has 2 aromatic carbocycles. The quantitative estimate of drug-likeness (QED) is 0.610. The Bertz CT molecular complexity index is 1220. The van der Waals surface area contributed by atoms with Gasteiger partial charge in [-0.05, 0) is 56.1 Å². The number of hydrogen-bond donors (Lipinski definition) is 2. The number of aromatic nitrogens is 2. The molecule has 1 unspecified atom stereocenters. The number of benzene rings is 2. The first kappa shape index (κ1) is 22.5. The van der Waals surface area contributed by atoms with Crippen molar-refractivity contribution in [1.29, 1.82) is 5.26 Å². The smallest absolute Gasteiger partial charge is 0.229 e. The summed E-state index contributed by atoms with van der Waals surface area (Å²) in [4.78, 5) is 11.6. The van der Waals surface area contributed by atoms with Crippen LogP contribution in [-0.2, 0) is 0 Å². The summed E-state index contributed by atoms with van der Waals surface area (Å²) in [6.07, 6.45) is 2.06. The summed E-state index contributed by atoms with van der Waals surface area (Å²) < 4.78 is 20.2. The molecule has 4 rings (SSSR count). The highest BCUT2D eigenvalue weighted by Crippen LogP contribution is 2.40. The van der Waals surface area contributed by atoms with Gasteiger partial charge in [0.1, 0.15) is 17.6 Å². The van der Waals surface area contributed by atoms with Crippen LogP contribution >= 0.6 is 0 Å². The van der Waals surface area contributed by atoms with E-state index in [1.54, 1.807) is 25.1 Å². The van der Waals surface area contributed by atoms with Crippen molar-refractivity contribution in [2.45, 2.75) is 25.8 Å². The number of phenols is 1. The molecule has 0 spiro atoms. The minimum absolute atomic E-state index is 0.0394. The van der Waals surface area contributed by atoms with Crippen LogP contribution in [0.4, 0.5) is 10.3 Å². The van der Waals surface area contributed by atoms with Gasteiger partial charge in [-0.1, -0.05) is 18.2 Å². The SMILES string of the molecule is CNC1CCCN(c2nc(OC)c(-c3ccc(C)c(O)c3)c(-c3ccc(C#N)c(F)c3)n2)C1. The molecule has 0 bridgehead atoms. The molecule has 8 heteroatoms. The summed E-state index contributed by atoms with van der Waals surface area (Å²) in [6, 6.07) is 11.8. The highest BCUT2D eigenvalue weighted by molar-refractivity contribution is 5.85. The van der Waals surface area contributed by atoms with Gasteiger partial charge in [0.2, 0.25) is 11.8 Å². The number of halogens is 1. The lowest BCUT2D eigenvalue weighted by molar-refractivity contribution is 0.396. The van der Waals surface area contributed by atoms with Gasteiger partial charge in [-0.3, -0.25) is 0 Å². The van der Waals surface area contributed by atoms with E-state index in [1.807, 2.05) is 19.2 Å². The zero-order chi connectivity index (χ0) is 23.5. The largest absolute Gasteiger partial charge is 0.508 e. The number of methoxy groups -OCH3 is 1. The molecule has 1 aliphatic heterocycles. The van der Waals surface area contributed by atoms with Crippen LogP contribution in [0, 0.1) is 24.1 Å². The zero-order valence-electron chi connectivity index (χ0n) is 18.9. The fraction of sp³-hybridized carbons (Fsp3) is 0.320. The summed E-state index contributed by atoms with van der Waals surface area (Å²) in [5.74, 6) is 0.324. The molecule has 0 radical (unpaired) electrons. The molecule has 3 aromatic rings. The average molecular weight is 448 g/mol. The van der Waals surface area contributed by atoms with Crippen LogP contribution in [0.25, 0.3) is 22.4 Å². The van der Waals surface area contributed by atoms with Gasteiger partial charge < -0.3 is 20.1 Å². The molecule has 7 nitrogen and oxygen atoms in total. The molecule has 2 N–H and O–H groups in total. The van der Waals surface area contributed by atoms with E-state index in [0.717, 1.165) is 31.5 Å². The number of nitriles is 1. The Morgan fingerprint density at radius 3 is 2.67 bits per heavy atom. The van der Waals surface area contributed by atoms with Crippen molar-refractivity contribution in [2.24, 2.45) is 0 Å². The molecular formula is C25H26FN5O2.